The van der Waals surface area contributed by atoms with Gasteiger partial charge in [-0.3, -0.25) is 4.90 Å². The van der Waals surface area contributed by atoms with Crippen molar-refractivity contribution < 1.29 is 13.9 Å². The van der Waals surface area contributed by atoms with Crippen LogP contribution in [0.2, 0.25) is 0 Å². The molecule has 2 fully saturated rings. The van der Waals surface area contributed by atoms with Crippen LogP contribution < -0.4 is 5.32 Å². The molecule has 0 unspecified atom stereocenters. The van der Waals surface area contributed by atoms with Crippen LogP contribution in [0.5, 0.6) is 5.75 Å². The highest BCUT2D eigenvalue weighted by atomic mass is 19.1. The standard InChI is InChI=1S/C15H20F2N2O/c16-11-8-12(17)14(13(20)9-11)15(10-2-1-3-10)19-6-4-18-5-7-19/h8-10,15,18,20H,1-7H2/t15-/m1/s1. The van der Waals surface area contributed by atoms with E-state index in [4.69, 9.17) is 0 Å². The fraction of sp³-hybridized carbons (Fsp3) is 0.600. The molecule has 110 valence electrons. The molecule has 1 saturated heterocycles. The molecule has 0 amide bonds. The molecule has 1 aliphatic carbocycles. The van der Waals surface area contributed by atoms with Crippen molar-refractivity contribution in [1.29, 1.82) is 0 Å². The molecule has 0 aromatic heterocycles. The molecule has 3 rings (SSSR count). The van der Waals surface area contributed by atoms with E-state index >= 15 is 0 Å². The Hall–Kier alpha value is -1.20. The number of aromatic hydroxyl groups is 1. The van der Waals surface area contributed by atoms with Crippen LogP contribution in [-0.2, 0) is 0 Å². The molecule has 1 heterocycles. The lowest BCUT2D eigenvalue weighted by Gasteiger charge is -2.43. The SMILES string of the molecule is Oc1cc(F)cc(F)c1[C@@H](C1CCC1)N1CCNCC1. The van der Waals surface area contributed by atoms with Crippen LogP contribution >= 0.6 is 0 Å². The van der Waals surface area contributed by atoms with Gasteiger partial charge in [-0.15, -0.1) is 0 Å². The third-order valence-corrected chi connectivity index (χ3v) is 4.51. The molecule has 3 nitrogen and oxygen atoms in total. The van der Waals surface area contributed by atoms with Gasteiger partial charge < -0.3 is 10.4 Å². The van der Waals surface area contributed by atoms with E-state index in [1.807, 2.05) is 0 Å². The Balaban J connectivity index is 1.96. The minimum absolute atomic E-state index is 0.133. The van der Waals surface area contributed by atoms with Crippen molar-refractivity contribution in [2.24, 2.45) is 5.92 Å². The van der Waals surface area contributed by atoms with Crippen LogP contribution in [0.15, 0.2) is 12.1 Å². The lowest BCUT2D eigenvalue weighted by Crippen LogP contribution is -2.48. The van der Waals surface area contributed by atoms with Gasteiger partial charge in [-0.2, -0.15) is 0 Å². The number of nitrogens with zero attached hydrogens (tertiary/aromatic N) is 1. The highest BCUT2D eigenvalue weighted by Crippen LogP contribution is 2.45. The predicted molar refractivity (Wildman–Crippen MR) is 72.5 cm³/mol. The zero-order valence-corrected chi connectivity index (χ0v) is 11.4. The van der Waals surface area contributed by atoms with Gasteiger partial charge in [0, 0.05) is 49.9 Å². The molecule has 0 bridgehead atoms. The van der Waals surface area contributed by atoms with Gasteiger partial charge in [0.25, 0.3) is 0 Å². The van der Waals surface area contributed by atoms with Crippen molar-refractivity contribution in [3.63, 3.8) is 0 Å². The summed E-state index contributed by atoms with van der Waals surface area (Å²) in [5.41, 5.74) is 0.276. The summed E-state index contributed by atoms with van der Waals surface area (Å²) in [6.07, 6.45) is 3.24. The monoisotopic (exact) mass is 282 g/mol. The summed E-state index contributed by atoms with van der Waals surface area (Å²) in [5, 5.41) is 13.3. The zero-order chi connectivity index (χ0) is 14.1. The topological polar surface area (TPSA) is 35.5 Å². The predicted octanol–water partition coefficient (Wildman–Crippen LogP) is 2.42. The van der Waals surface area contributed by atoms with Gasteiger partial charge in [0.05, 0.1) is 0 Å². The molecular formula is C15H20F2N2O. The molecular weight excluding hydrogens is 262 g/mol. The first-order chi connectivity index (χ1) is 9.66. The number of rotatable bonds is 3. The van der Waals surface area contributed by atoms with Crippen molar-refractivity contribution in [2.75, 3.05) is 26.2 Å². The summed E-state index contributed by atoms with van der Waals surface area (Å²) in [6.45, 7) is 3.40. The van der Waals surface area contributed by atoms with Gasteiger partial charge in [0.15, 0.2) is 0 Å². The molecule has 2 N–H and O–H groups in total. The van der Waals surface area contributed by atoms with Crippen LogP contribution in [0.1, 0.15) is 30.9 Å². The second-order valence-corrected chi connectivity index (χ2v) is 5.74. The van der Waals surface area contributed by atoms with Crippen LogP contribution in [0.25, 0.3) is 0 Å². The Morgan fingerprint density at radius 1 is 1.20 bits per heavy atom. The number of halogens is 2. The Morgan fingerprint density at radius 2 is 1.90 bits per heavy atom. The maximum absolute atomic E-state index is 14.2. The molecule has 20 heavy (non-hydrogen) atoms. The highest BCUT2D eigenvalue weighted by molar-refractivity contribution is 5.37. The fourth-order valence-electron chi connectivity index (χ4n) is 3.30. The van der Waals surface area contributed by atoms with Crippen LogP contribution in [-0.4, -0.2) is 36.2 Å². The number of benzene rings is 1. The first-order valence-corrected chi connectivity index (χ1v) is 7.29. The molecule has 1 aromatic carbocycles. The lowest BCUT2D eigenvalue weighted by molar-refractivity contribution is 0.0791. The third kappa shape index (κ3) is 2.52. The van der Waals surface area contributed by atoms with Gasteiger partial charge in [-0.05, 0) is 18.8 Å². The molecule has 1 aliphatic heterocycles. The van der Waals surface area contributed by atoms with E-state index < -0.39 is 11.6 Å². The minimum Gasteiger partial charge on any atom is -0.507 e. The van der Waals surface area contributed by atoms with Gasteiger partial charge in [-0.1, -0.05) is 6.42 Å². The van der Waals surface area contributed by atoms with Crippen molar-refractivity contribution in [2.45, 2.75) is 25.3 Å². The van der Waals surface area contributed by atoms with E-state index in [2.05, 4.69) is 10.2 Å². The number of phenols is 1. The van der Waals surface area contributed by atoms with Gasteiger partial charge >= 0.3 is 0 Å². The number of phenolic OH excluding ortho intramolecular Hbond substituents is 1. The summed E-state index contributed by atoms with van der Waals surface area (Å²) in [7, 11) is 0. The Labute approximate surface area is 117 Å². The molecule has 2 aliphatic rings. The average Bonchev–Trinajstić information content (AvgIpc) is 2.35. The summed E-state index contributed by atoms with van der Waals surface area (Å²) in [4.78, 5) is 2.22. The number of hydrogen-bond donors (Lipinski definition) is 2. The molecule has 5 heteroatoms. The largest absolute Gasteiger partial charge is 0.507 e. The smallest absolute Gasteiger partial charge is 0.134 e. The molecule has 1 saturated carbocycles. The number of piperazine rings is 1. The van der Waals surface area contributed by atoms with E-state index in [1.54, 1.807) is 0 Å². The van der Waals surface area contributed by atoms with Crippen LogP contribution in [0, 0.1) is 17.6 Å². The Morgan fingerprint density at radius 3 is 2.45 bits per heavy atom. The normalized spacial score (nSPS) is 22.5. The van der Waals surface area contributed by atoms with E-state index in [0.29, 0.717) is 5.92 Å². The summed E-state index contributed by atoms with van der Waals surface area (Å²) >= 11 is 0. The van der Waals surface area contributed by atoms with E-state index in [1.165, 1.54) is 0 Å². The highest BCUT2D eigenvalue weighted by Gasteiger charge is 2.36. The fourth-order valence-corrected chi connectivity index (χ4v) is 3.30. The van der Waals surface area contributed by atoms with Crippen molar-refractivity contribution in [3.05, 3.63) is 29.3 Å². The van der Waals surface area contributed by atoms with Gasteiger partial charge in [-0.25, -0.2) is 8.78 Å². The molecule has 1 atom stereocenters. The van der Waals surface area contributed by atoms with Crippen molar-refractivity contribution >= 4 is 0 Å². The second-order valence-electron chi connectivity index (χ2n) is 5.74. The van der Waals surface area contributed by atoms with E-state index in [-0.39, 0.29) is 17.4 Å². The zero-order valence-electron chi connectivity index (χ0n) is 11.4. The minimum atomic E-state index is -0.726. The molecule has 1 aromatic rings. The Bertz CT molecular complexity index is 462. The number of hydrogen-bond acceptors (Lipinski definition) is 3. The van der Waals surface area contributed by atoms with Gasteiger partial charge in [0.2, 0.25) is 0 Å². The lowest BCUT2D eigenvalue weighted by atomic mass is 9.76. The summed E-state index contributed by atoms with van der Waals surface area (Å²) < 4.78 is 27.4. The maximum Gasteiger partial charge on any atom is 0.134 e. The molecule has 0 spiro atoms. The quantitative estimate of drug-likeness (QED) is 0.893. The van der Waals surface area contributed by atoms with Gasteiger partial charge in [0.1, 0.15) is 17.4 Å². The summed E-state index contributed by atoms with van der Waals surface area (Å²) in [6, 6.07) is 1.77. The second kappa shape index (κ2) is 5.66. The van der Waals surface area contributed by atoms with E-state index in [9.17, 15) is 13.9 Å². The first-order valence-electron chi connectivity index (χ1n) is 7.29. The van der Waals surface area contributed by atoms with Crippen LogP contribution in [0.4, 0.5) is 8.78 Å². The molecule has 0 radical (unpaired) electrons. The van der Waals surface area contributed by atoms with Crippen molar-refractivity contribution in [3.8, 4) is 5.75 Å². The third-order valence-electron chi connectivity index (χ3n) is 4.51. The van der Waals surface area contributed by atoms with Crippen molar-refractivity contribution in [1.82, 2.24) is 10.2 Å². The number of nitrogens with one attached hydrogen (secondary N) is 1. The average molecular weight is 282 g/mol. The Kier molecular flexibility index (Phi) is 3.89. The maximum atomic E-state index is 14.2. The first kappa shape index (κ1) is 13.8. The van der Waals surface area contributed by atoms with Crippen LogP contribution in [0.3, 0.4) is 0 Å². The van der Waals surface area contributed by atoms with E-state index in [0.717, 1.165) is 57.6 Å². The summed E-state index contributed by atoms with van der Waals surface area (Å²) in [5.74, 6) is -1.24.